The summed E-state index contributed by atoms with van der Waals surface area (Å²) < 4.78 is 0. The lowest BCUT2D eigenvalue weighted by atomic mass is 10.00. The van der Waals surface area contributed by atoms with Crippen molar-refractivity contribution in [3.8, 4) is 0 Å². The Hall–Kier alpha value is -0.820. The minimum absolute atomic E-state index is 0.701. The third-order valence-corrected chi connectivity index (χ3v) is 3.52. The topological polar surface area (TPSA) is 12.0 Å². The summed E-state index contributed by atoms with van der Waals surface area (Å²) in [6.45, 7) is 5.58. The van der Waals surface area contributed by atoms with Gasteiger partial charge in [0.25, 0.3) is 0 Å². The Labute approximate surface area is 113 Å². The van der Waals surface area contributed by atoms with E-state index in [-0.39, 0.29) is 0 Å². The zero-order valence-electron chi connectivity index (χ0n) is 12.1. The summed E-state index contributed by atoms with van der Waals surface area (Å²) in [5, 5.41) is 3.63. The van der Waals surface area contributed by atoms with Crippen LogP contribution in [0.4, 0.5) is 0 Å². The quantitative estimate of drug-likeness (QED) is 0.597. The molecule has 0 bridgehead atoms. The molecule has 0 fully saturated rings. The number of nitrogens with one attached hydrogen (secondary N) is 1. The van der Waals surface area contributed by atoms with Crippen molar-refractivity contribution in [2.75, 3.05) is 6.54 Å². The third-order valence-electron chi connectivity index (χ3n) is 3.52. The van der Waals surface area contributed by atoms with Crippen LogP contribution in [0.5, 0.6) is 0 Å². The van der Waals surface area contributed by atoms with Gasteiger partial charge in [-0.2, -0.15) is 0 Å². The van der Waals surface area contributed by atoms with E-state index in [0.717, 1.165) is 6.54 Å². The van der Waals surface area contributed by atoms with Crippen molar-refractivity contribution in [2.45, 2.75) is 64.8 Å². The van der Waals surface area contributed by atoms with Crippen LogP contribution < -0.4 is 5.32 Å². The first-order valence-electron chi connectivity index (χ1n) is 7.64. The Morgan fingerprint density at radius 1 is 0.944 bits per heavy atom. The molecule has 0 saturated carbocycles. The fourth-order valence-electron chi connectivity index (χ4n) is 2.44. The molecule has 0 heterocycles. The summed E-state index contributed by atoms with van der Waals surface area (Å²) in [4.78, 5) is 0. The van der Waals surface area contributed by atoms with Crippen LogP contribution in [0, 0.1) is 0 Å². The summed E-state index contributed by atoms with van der Waals surface area (Å²) in [6.07, 6.45) is 9.29. The molecule has 102 valence electrons. The first-order chi connectivity index (χ1) is 8.86. The second-order valence-electron chi connectivity index (χ2n) is 5.13. The zero-order valence-corrected chi connectivity index (χ0v) is 12.1. The summed E-state index contributed by atoms with van der Waals surface area (Å²) >= 11 is 0. The van der Waals surface area contributed by atoms with Crippen LogP contribution in [-0.2, 0) is 6.42 Å². The van der Waals surface area contributed by atoms with E-state index in [0.29, 0.717) is 6.04 Å². The molecule has 1 heteroatoms. The summed E-state index contributed by atoms with van der Waals surface area (Å²) in [6, 6.07) is 11.5. The standard InChI is InChI=1S/C17H29N/c1-3-5-6-10-13-17(18-4-2)15-14-16-11-8-7-9-12-16/h7-9,11-12,17-18H,3-6,10,13-15H2,1-2H3. The van der Waals surface area contributed by atoms with Crippen molar-refractivity contribution >= 4 is 0 Å². The van der Waals surface area contributed by atoms with Crippen LogP contribution in [-0.4, -0.2) is 12.6 Å². The first kappa shape index (κ1) is 15.2. The molecule has 0 aromatic heterocycles. The lowest BCUT2D eigenvalue weighted by Crippen LogP contribution is -2.29. The second-order valence-corrected chi connectivity index (χ2v) is 5.13. The molecule has 0 spiro atoms. The van der Waals surface area contributed by atoms with Crippen molar-refractivity contribution in [1.82, 2.24) is 5.32 Å². The van der Waals surface area contributed by atoms with E-state index in [1.807, 2.05) is 0 Å². The van der Waals surface area contributed by atoms with Gasteiger partial charge in [-0.25, -0.2) is 0 Å². The van der Waals surface area contributed by atoms with Gasteiger partial charge in [0.05, 0.1) is 0 Å². The maximum absolute atomic E-state index is 3.63. The molecule has 1 aromatic carbocycles. The van der Waals surface area contributed by atoms with Crippen LogP contribution in [0.1, 0.15) is 57.9 Å². The van der Waals surface area contributed by atoms with Gasteiger partial charge in [-0.3, -0.25) is 0 Å². The monoisotopic (exact) mass is 247 g/mol. The lowest BCUT2D eigenvalue weighted by molar-refractivity contribution is 0.441. The predicted molar refractivity (Wildman–Crippen MR) is 81.0 cm³/mol. The number of hydrogen-bond acceptors (Lipinski definition) is 1. The number of unbranched alkanes of at least 4 members (excludes halogenated alkanes) is 3. The van der Waals surface area contributed by atoms with Crippen molar-refractivity contribution in [3.63, 3.8) is 0 Å². The molecule has 18 heavy (non-hydrogen) atoms. The molecule has 0 radical (unpaired) electrons. The lowest BCUT2D eigenvalue weighted by Gasteiger charge is -2.17. The molecule has 1 nitrogen and oxygen atoms in total. The zero-order chi connectivity index (χ0) is 13.1. The van der Waals surface area contributed by atoms with E-state index in [1.165, 1.54) is 50.5 Å². The van der Waals surface area contributed by atoms with Gasteiger partial charge in [-0.15, -0.1) is 0 Å². The molecule has 1 aromatic rings. The molecule has 0 aliphatic rings. The summed E-state index contributed by atoms with van der Waals surface area (Å²) in [7, 11) is 0. The highest BCUT2D eigenvalue weighted by Crippen LogP contribution is 2.11. The van der Waals surface area contributed by atoms with Gasteiger partial charge < -0.3 is 5.32 Å². The SMILES string of the molecule is CCCCCCC(CCc1ccccc1)NCC. The van der Waals surface area contributed by atoms with E-state index in [1.54, 1.807) is 0 Å². The highest BCUT2D eigenvalue weighted by molar-refractivity contribution is 5.14. The number of hydrogen-bond donors (Lipinski definition) is 1. The van der Waals surface area contributed by atoms with Gasteiger partial charge in [-0.1, -0.05) is 69.9 Å². The maximum atomic E-state index is 3.63. The smallest absolute Gasteiger partial charge is 0.00701 e. The average Bonchev–Trinajstić information content (AvgIpc) is 2.42. The first-order valence-corrected chi connectivity index (χ1v) is 7.64. The van der Waals surface area contributed by atoms with E-state index < -0.39 is 0 Å². The Bertz CT molecular complexity index is 281. The number of aryl methyl sites for hydroxylation is 1. The fourth-order valence-corrected chi connectivity index (χ4v) is 2.44. The van der Waals surface area contributed by atoms with Crippen molar-refractivity contribution in [1.29, 1.82) is 0 Å². The van der Waals surface area contributed by atoms with Gasteiger partial charge in [0.15, 0.2) is 0 Å². The van der Waals surface area contributed by atoms with Gasteiger partial charge in [-0.05, 0) is 31.4 Å². The average molecular weight is 247 g/mol. The van der Waals surface area contributed by atoms with E-state index in [9.17, 15) is 0 Å². The largest absolute Gasteiger partial charge is 0.314 e. The molecule has 1 unspecified atom stereocenters. The van der Waals surface area contributed by atoms with Crippen LogP contribution in [0.3, 0.4) is 0 Å². The molecule has 1 atom stereocenters. The van der Waals surface area contributed by atoms with Gasteiger partial charge in [0, 0.05) is 6.04 Å². The normalized spacial score (nSPS) is 12.6. The van der Waals surface area contributed by atoms with Crippen molar-refractivity contribution < 1.29 is 0 Å². The van der Waals surface area contributed by atoms with Crippen molar-refractivity contribution in [3.05, 3.63) is 35.9 Å². The summed E-state index contributed by atoms with van der Waals surface area (Å²) in [5.41, 5.74) is 1.47. The van der Waals surface area contributed by atoms with E-state index in [4.69, 9.17) is 0 Å². The highest BCUT2D eigenvalue weighted by atomic mass is 14.9. The Kier molecular flexibility index (Phi) is 8.58. The van der Waals surface area contributed by atoms with Crippen LogP contribution in [0.15, 0.2) is 30.3 Å². The minimum Gasteiger partial charge on any atom is -0.314 e. The Morgan fingerprint density at radius 2 is 1.72 bits per heavy atom. The fraction of sp³-hybridized carbons (Fsp3) is 0.647. The minimum atomic E-state index is 0.701. The second kappa shape index (κ2) is 10.1. The molecular formula is C17H29N. The Morgan fingerprint density at radius 3 is 2.39 bits per heavy atom. The number of benzene rings is 1. The third kappa shape index (κ3) is 6.80. The molecule has 0 aliphatic heterocycles. The molecular weight excluding hydrogens is 218 g/mol. The molecule has 1 N–H and O–H groups in total. The highest BCUT2D eigenvalue weighted by Gasteiger charge is 2.06. The molecule has 0 saturated heterocycles. The van der Waals surface area contributed by atoms with Gasteiger partial charge >= 0.3 is 0 Å². The van der Waals surface area contributed by atoms with Gasteiger partial charge in [0.1, 0.15) is 0 Å². The number of rotatable bonds is 10. The predicted octanol–water partition coefficient (Wildman–Crippen LogP) is 4.57. The Balaban J connectivity index is 2.24. The van der Waals surface area contributed by atoms with E-state index in [2.05, 4.69) is 49.5 Å². The van der Waals surface area contributed by atoms with Crippen LogP contribution in [0.25, 0.3) is 0 Å². The molecule has 1 rings (SSSR count). The van der Waals surface area contributed by atoms with E-state index >= 15 is 0 Å². The van der Waals surface area contributed by atoms with Crippen molar-refractivity contribution in [2.24, 2.45) is 0 Å². The molecule has 0 amide bonds. The maximum Gasteiger partial charge on any atom is 0.00701 e. The molecule has 0 aliphatic carbocycles. The van der Waals surface area contributed by atoms with Gasteiger partial charge in [0.2, 0.25) is 0 Å². The summed E-state index contributed by atoms with van der Waals surface area (Å²) in [5.74, 6) is 0. The van der Waals surface area contributed by atoms with Crippen LogP contribution in [0.2, 0.25) is 0 Å². The van der Waals surface area contributed by atoms with Crippen LogP contribution >= 0.6 is 0 Å².